The fourth-order valence-corrected chi connectivity index (χ4v) is 2.02. The maximum Gasteiger partial charge on any atom is 0.267 e. The van der Waals surface area contributed by atoms with Crippen LogP contribution in [0.4, 0.5) is 0 Å². The molecule has 21 heavy (non-hydrogen) atoms. The van der Waals surface area contributed by atoms with Gasteiger partial charge in [0.25, 0.3) is 5.91 Å². The highest BCUT2D eigenvalue weighted by Crippen LogP contribution is 2.27. The van der Waals surface area contributed by atoms with Crippen molar-refractivity contribution in [3.05, 3.63) is 35.5 Å². The van der Waals surface area contributed by atoms with Gasteiger partial charge in [0.05, 0.1) is 14.2 Å². The van der Waals surface area contributed by atoms with E-state index in [-0.39, 0.29) is 23.4 Å². The lowest BCUT2D eigenvalue weighted by atomic mass is 10.1. The summed E-state index contributed by atoms with van der Waals surface area (Å²) in [6.45, 7) is 2.48. The van der Waals surface area contributed by atoms with Gasteiger partial charge in [-0.05, 0) is 25.1 Å². The molecule has 1 amide bonds. The predicted molar refractivity (Wildman–Crippen MR) is 77.6 cm³/mol. The van der Waals surface area contributed by atoms with E-state index < -0.39 is 0 Å². The second-order valence-electron chi connectivity index (χ2n) is 4.75. The van der Waals surface area contributed by atoms with Gasteiger partial charge in [-0.2, -0.15) is 0 Å². The van der Waals surface area contributed by atoms with Gasteiger partial charge in [-0.25, -0.2) is 0 Å². The first-order chi connectivity index (χ1) is 10.0. The molecule has 1 aromatic rings. The van der Waals surface area contributed by atoms with Crippen molar-refractivity contribution in [1.29, 1.82) is 0 Å². The second kappa shape index (κ2) is 6.30. The summed E-state index contributed by atoms with van der Waals surface area (Å²) in [4.78, 5) is 24.0. The topological polar surface area (TPSA) is 76.7 Å². The molecule has 1 saturated heterocycles. The van der Waals surface area contributed by atoms with Crippen LogP contribution in [0.2, 0.25) is 0 Å². The summed E-state index contributed by atoms with van der Waals surface area (Å²) >= 11 is 0. The minimum absolute atomic E-state index is 0.0471. The van der Waals surface area contributed by atoms with Crippen molar-refractivity contribution in [2.75, 3.05) is 20.8 Å². The van der Waals surface area contributed by atoms with E-state index in [0.717, 1.165) is 0 Å². The van der Waals surface area contributed by atoms with Crippen LogP contribution >= 0.6 is 0 Å². The summed E-state index contributed by atoms with van der Waals surface area (Å²) in [5, 5.41) is 5.70. The largest absolute Gasteiger partial charge is 0.493 e. The number of carbonyl (C=O) groups is 2. The molecule has 1 aliphatic heterocycles. The molecule has 0 bridgehead atoms. The first-order valence-electron chi connectivity index (χ1n) is 6.58. The first kappa shape index (κ1) is 14.9. The van der Waals surface area contributed by atoms with Crippen molar-refractivity contribution >= 4 is 11.7 Å². The Morgan fingerprint density at radius 2 is 2.00 bits per heavy atom. The van der Waals surface area contributed by atoms with E-state index in [1.54, 1.807) is 18.2 Å². The van der Waals surface area contributed by atoms with E-state index in [2.05, 4.69) is 10.6 Å². The highest BCUT2D eigenvalue weighted by atomic mass is 16.5. The van der Waals surface area contributed by atoms with Gasteiger partial charge < -0.3 is 20.1 Å². The Morgan fingerprint density at radius 3 is 2.62 bits per heavy atom. The third kappa shape index (κ3) is 3.34. The molecule has 1 atom stereocenters. The number of methoxy groups -OCH3 is 2. The van der Waals surface area contributed by atoms with Crippen molar-refractivity contribution < 1.29 is 19.1 Å². The second-order valence-corrected chi connectivity index (χ2v) is 4.75. The summed E-state index contributed by atoms with van der Waals surface area (Å²) in [5.74, 6) is 0.464. The first-order valence-corrected chi connectivity index (χ1v) is 6.58. The number of allylic oxidation sites excluding steroid dienone is 1. The normalized spacial score (nSPS) is 19.7. The van der Waals surface area contributed by atoms with Crippen molar-refractivity contribution in [2.45, 2.75) is 13.0 Å². The fraction of sp³-hybridized carbons (Fsp3) is 0.333. The van der Waals surface area contributed by atoms with Gasteiger partial charge in [0.1, 0.15) is 5.70 Å². The molecule has 0 spiro atoms. The lowest BCUT2D eigenvalue weighted by Gasteiger charge is -2.23. The Hall–Kier alpha value is -2.50. The van der Waals surface area contributed by atoms with Crippen LogP contribution in [0.15, 0.2) is 30.0 Å². The number of hydrogen-bond acceptors (Lipinski definition) is 5. The smallest absolute Gasteiger partial charge is 0.267 e. The number of ether oxygens (including phenoxy) is 2. The minimum Gasteiger partial charge on any atom is -0.493 e. The lowest BCUT2D eigenvalue weighted by molar-refractivity contribution is -0.119. The van der Waals surface area contributed by atoms with Gasteiger partial charge in [-0.3, -0.25) is 9.59 Å². The average molecular weight is 290 g/mol. The van der Waals surface area contributed by atoms with Crippen LogP contribution in [-0.2, 0) is 4.79 Å². The lowest BCUT2D eigenvalue weighted by Crippen LogP contribution is -2.49. The SMILES string of the molecule is COc1ccc(C(=O)/C=C2\NCC(C)NC2=O)cc1OC. The van der Waals surface area contributed by atoms with E-state index in [4.69, 9.17) is 9.47 Å². The van der Waals surface area contributed by atoms with Crippen LogP contribution in [0.25, 0.3) is 0 Å². The van der Waals surface area contributed by atoms with Crippen molar-refractivity contribution in [3.8, 4) is 11.5 Å². The van der Waals surface area contributed by atoms with Crippen molar-refractivity contribution in [1.82, 2.24) is 10.6 Å². The highest BCUT2D eigenvalue weighted by molar-refractivity contribution is 6.09. The maximum absolute atomic E-state index is 12.2. The Bertz CT molecular complexity index is 595. The third-order valence-electron chi connectivity index (χ3n) is 3.16. The molecule has 0 aliphatic carbocycles. The van der Waals surface area contributed by atoms with Gasteiger partial charge in [-0.15, -0.1) is 0 Å². The Labute approximate surface area is 123 Å². The molecule has 2 rings (SSSR count). The quantitative estimate of drug-likeness (QED) is 0.636. The van der Waals surface area contributed by atoms with Crippen LogP contribution in [0.3, 0.4) is 0 Å². The predicted octanol–water partition coefficient (Wildman–Crippen LogP) is 0.878. The van der Waals surface area contributed by atoms with E-state index in [9.17, 15) is 9.59 Å². The highest BCUT2D eigenvalue weighted by Gasteiger charge is 2.20. The average Bonchev–Trinajstić information content (AvgIpc) is 2.49. The fourth-order valence-electron chi connectivity index (χ4n) is 2.02. The van der Waals surface area contributed by atoms with Crippen LogP contribution in [0.5, 0.6) is 11.5 Å². The number of benzene rings is 1. The minimum atomic E-state index is -0.275. The molecule has 1 aromatic carbocycles. The Kier molecular flexibility index (Phi) is 4.47. The molecule has 1 heterocycles. The van der Waals surface area contributed by atoms with Gasteiger partial charge in [0.2, 0.25) is 0 Å². The summed E-state index contributed by atoms with van der Waals surface area (Å²) in [6, 6.07) is 4.91. The summed E-state index contributed by atoms with van der Waals surface area (Å²) in [7, 11) is 3.03. The molecule has 0 saturated carbocycles. The van der Waals surface area contributed by atoms with Crippen LogP contribution < -0.4 is 20.1 Å². The number of carbonyl (C=O) groups excluding carboxylic acids is 2. The summed E-state index contributed by atoms with van der Waals surface area (Å²) in [6.07, 6.45) is 1.29. The van der Waals surface area contributed by atoms with Crippen LogP contribution in [0, 0.1) is 0 Å². The maximum atomic E-state index is 12.2. The van der Waals surface area contributed by atoms with Crippen molar-refractivity contribution in [3.63, 3.8) is 0 Å². The molecule has 1 fully saturated rings. The molecule has 0 aromatic heterocycles. The van der Waals surface area contributed by atoms with E-state index >= 15 is 0 Å². The number of nitrogens with one attached hydrogen (secondary N) is 2. The molecular formula is C15H18N2O4. The zero-order valence-electron chi connectivity index (χ0n) is 12.2. The zero-order chi connectivity index (χ0) is 15.4. The molecule has 6 nitrogen and oxygen atoms in total. The standard InChI is InChI=1S/C15H18N2O4/c1-9-8-16-11(15(19)17-9)7-12(18)10-4-5-13(20-2)14(6-10)21-3/h4-7,9,16H,8H2,1-3H3,(H,17,19)/b11-7-. The zero-order valence-corrected chi connectivity index (χ0v) is 12.2. The van der Waals surface area contributed by atoms with Crippen LogP contribution in [0.1, 0.15) is 17.3 Å². The van der Waals surface area contributed by atoms with Gasteiger partial charge in [0.15, 0.2) is 17.3 Å². The summed E-state index contributed by atoms with van der Waals surface area (Å²) in [5.41, 5.74) is 0.696. The number of ketones is 1. The molecule has 0 radical (unpaired) electrons. The molecule has 6 heteroatoms. The number of piperazine rings is 1. The van der Waals surface area contributed by atoms with Gasteiger partial charge in [0, 0.05) is 24.2 Å². The monoisotopic (exact) mass is 290 g/mol. The molecule has 112 valence electrons. The van der Waals surface area contributed by atoms with E-state index in [1.807, 2.05) is 6.92 Å². The van der Waals surface area contributed by atoms with E-state index in [0.29, 0.717) is 23.6 Å². The Balaban J connectivity index is 2.22. The number of hydrogen-bond donors (Lipinski definition) is 2. The molecule has 1 aliphatic rings. The number of amides is 1. The third-order valence-corrected chi connectivity index (χ3v) is 3.16. The molecule has 1 unspecified atom stereocenters. The molecule has 2 N–H and O–H groups in total. The summed E-state index contributed by atoms with van der Waals surface area (Å²) < 4.78 is 10.3. The Morgan fingerprint density at radius 1 is 1.29 bits per heavy atom. The van der Waals surface area contributed by atoms with Crippen LogP contribution in [-0.4, -0.2) is 38.5 Å². The van der Waals surface area contributed by atoms with Gasteiger partial charge in [-0.1, -0.05) is 0 Å². The molecular weight excluding hydrogens is 272 g/mol. The number of rotatable bonds is 4. The van der Waals surface area contributed by atoms with Crippen molar-refractivity contribution in [2.24, 2.45) is 0 Å². The van der Waals surface area contributed by atoms with E-state index in [1.165, 1.54) is 20.3 Å². The van der Waals surface area contributed by atoms with Gasteiger partial charge >= 0.3 is 0 Å².